The normalized spacial score (nSPS) is 17.6. The lowest BCUT2D eigenvalue weighted by molar-refractivity contribution is -0.137. The first kappa shape index (κ1) is 15.5. The Hall–Kier alpha value is -1.84. The van der Waals surface area contributed by atoms with Crippen molar-refractivity contribution in [3.05, 3.63) is 35.9 Å². The van der Waals surface area contributed by atoms with E-state index in [1.54, 1.807) is 0 Å². The molecule has 0 heterocycles. The van der Waals surface area contributed by atoms with Gasteiger partial charge in [0.05, 0.1) is 5.41 Å². The molecule has 0 bridgehead atoms. The molecule has 1 amide bonds. The topological polar surface area (TPSA) is 66.4 Å². The van der Waals surface area contributed by atoms with Crippen molar-refractivity contribution < 1.29 is 14.7 Å². The summed E-state index contributed by atoms with van der Waals surface area (Å²) in [5, 5.41) is 11.7. The molecule has 1 aromatic carbocycles. The molecule has 1 aliphatic rings. The standard InChI is InChI=1S/C17H23NO3/c1-13(7-5-10-15(19)20)18-16(21)17(11-6-12-17)14-8-3-2-4-9-14/h2-4,8-9,13H,5-7,10-12H2,1H3,(H,18,21)(H,19,20). The van der Waals surface area contributed by atoms with E-state index >= 15 is 0 Å². The molecule has 2 N–H and O–H groups in total. The summed E-state index contributed by atoms with van der Waals surface area (Å²) in [5.74, 6) is -0.698. The molecule has 0 radical (unpaired) electrons. The van der Waals surface area contributed by atoms with Crippen LogP contribution in [-0.4, -0.2) is 23.0 Å². The van der Waals surface area contributed by atoms with Gasteiger partial charge in [0.25, 0.3) is 0 Å². The number of hydrogen-bond donors (Lipinski definition) is 2. The molecule has 1 atom stereocenters. The fourth-order valence-electron chi connectivity index (χ4n) is 2.93. The summed E-state index contributed by atoms with van der Waals surface area (Å²) < 4.78 is 0. The van der Waals surface area contributed by atoms with Crippen LogP contribution >= 0.6 is 0 Å². The SMILES string of the molecule is CC(CCCC(=O)O)NC(=O)C1(c2ccccc2)CCC1. The van der Waals surface area contributed by atoms with Gasteiger partial charge in [0.15, 0.2) is 0 Å². The Morgan fingerprint density at radius 3 is 2.48 bits per heavy atom. The number of benzene rings is 1. The Morgan fingerprint density at radius 2 is 1.95 bits per heavy atom. The number of rotatable bonds is 7. The minimum absolute atomic E-state index is 0.0121. The average molecular weight is 289 g/mol. The Bertz CT molecular complexity index is 494. The van der Waals surface area contributed by atoms with Crippen LogP contribution in [0.4, 0.5) is 0 Å². The third-order valence-corrected chi connectivity index (χ3v) is 4.37. The Kier molecular flexibility index (Phi) is 4.99. The maximum absolute atomic E-state index is 12.6. The number of carbonyl (C=O) groups is 2. The second-order valence-electron chi connectivity index (χ2n) is 5.96. The fourth-order valence-corrected chi connectivity index (χ4v) is 2.93. The van der Waals surface area contributed by atoms with E-state index in [0.29, 0.717) is 12.8 Å². The highest BCUT2D eigenvalue weighted by molar-refractivity contribution is 5.89. The minimum Gasteiger partial charge on any atom is -0.481 e. The summed E-state index contributed by atoms with van der Waals surface area (Å²) in [6, 6.07) is 9.96. The highest BCUT2D eigenvalue weighted by atomic mass is 16.4. The van der Waals surface area contributed by atoms with Gasteiger partial charge in [-0.05, 0) is 38.2 Å². The van der Waals surface area contributed by atoms with E-state index in [0.717, 1.165) is 24.8 Å². The van der Waals surface area contributed by atoms with E-state index in [4.69, 9.17) is 5.11 Å². The van der Waals surface area contributed by atoms with Gasteiger partial charge in [0, 0.05) is 12.5 Å². The van der Waals surface area contributed by atoms with Gasteiger partial charge in [-0.2, -0.15) is 0 Å². The van der Waals surface area contributed by atoms with Gasteiger partial charge in [0.1, 0.15) is 0 Å². The van der Waals surface area contributed by atoms with Crippen molar-refractivity contribution in [2.24, 2.45) is 0 Å². The van der Waals surface area contributed by atoms with Crippen LogP contribution < -0.4 is 5.32 Å². The van der Waals surface area contributed by atoms with E-state index < -0.39 is 5.97 Å². The van der Waals surface area contributed by atoms with Crippen LogP contribution in [0.25, 0.3) is 0 Å². The molecule has 4 nitrogen and oxygen atoms in total. The van der Waals surface area contributed by atoms with Crippen molar-refractivity contribution in [1.29, 1.82) is 0 Å². The second-order valence-corrected chi connectivity index (χ2v) is 5.96. The van der Waals surface area contributed by atoms with Crippen LogP contribution in [0.3, 0.4) is 0 Å². The summed E-state index contributed by atoms with van der Waals surface area (Å²) in [4.78, 5) is 23.1. The molecule has 0 saturated heterocycles. The number of carbonyl (C=O) groups excluding carboxylic acids is 1. The molecule has 1 saturated carbocycles. The van der Waals surface area contributed by atoms with Crippen molar-refractivity contribution in [1.82, 2.24) is 5.32 Å². The van der Waals surface area contributed by atoms with Gasteiger partial charge in [0.2, 0.25) is 5.91 Å². The molecule has 2 rings (SSSR count). The molecule has 4 heteroatoms. The summed E-state index contributed by atoms with van der Waals surface area (Å²) >= 11 is 0. The van der Waals surface area contributed by atoms with Gasteiger partial charge >= 0.3 is 5.97 Å². The first-order chi connectivity index (χ1) is 10.0. The zero-order valence-electron chi connectivity index (χ0n) is 12.5. The van der Waals surface area contributed by atoms with Crippen molar-refractivity contribution in [3.63, 3.8) is 0 Å². The van der Waals surface area contributed by atoms with E-state index in [2.05, 4.69) is 5.32 Å². The van der Waals surface area contributed by atoms with Gasteiger partial charge < -0.3 is 10.4 Å². The quantitative estimate of drug-likeness (QED) is 0.811. The maximum Gasteiger partial charge on any atom is 0.303 e. The van der Waals surface area contributed by atoms with Gasteiger partial charge in [-0.3, -0.25) is 9.59 Å². The summed E-state index contributed by atoms with van der Waals surface area (Å²) in [6.07, 6.45) is 4.31. The van der Waals surface area contributed by atoms with Crippen molar-refractivity contribution >= 4 is 11.9 Å². The van der Waals surface area contributed by atoms with Crippen LogP contribution in [0.2, 0.25) is 0 Å². The third kappa shape index (κ3) is 3.63. The lowest BCUT2D eigenvalue weighted by Crippen LogP contribution is -2.51. The van der Waals surface area contributed by atoms with E-state index in [-0.39, 0.29) is 23.8 Å². The number of hydrogen-bond acceptors (Lipinski definition) is 2. The predicted molar refractivity (Wildman–Crippen MR) is 81.1 cm³/mol. The van der Waals surface area contributed by atoms with Crippen LogP contribution in [0.15, 0.2) is 30.3 Å². The Morgan fingerprint density at radius 1 is 1.29 bits per heavy atom. The number of amides is 1. The van der Waals surface area contributed by atoms with Gasteiger partial charge in [-0.15, -0.1) is 0 Å². The molecule has 0 aliphatic heterocycles. The predicted octanol–water partition coefficient (Wildman–Crippen LogP) is 2.87. The van der Waals surface area contributed by atoms with E-state index in [1.807, 2.05) is 37.3 Å². The van der Waals surface area contributed by atoms with Crippen LogP contribution in [0, 0.1) is 0 Å². The van der Waals surface area contributed by atoms with Crippen molar-refractivity contribution in [2.45, 2.75) is 56.9 Å². The number of carboxylic acids is 1. The first-order valence-corrected chi connectivity index (χ1v) is 7.63. The zero-order chi connectivity index (χ0) is 15.3. The Labute approximate surface area is 125 Å². The third-order valence-electron chi connectivity index (χ3n) is 4.37. The highest BCUT2D eigenvalue weighted by Crippen LogP contribution is 2.43. The molecular weight excluding hydrogens is 266 g/mol. The van der Waals surface area contributed by atoms with Crippen LogP contribution in [0.1, 0.15) is 51.0 Å². The zero-order valence-corrected chi connectivity index (χ0v) is 12.5. The van der Waals surface area contributed by atoms with Gasteiger partial charge in [-0.25, -0.2) is 0 Å². The average Bonchev–Trinajstić information content (AvgIpc) is 2.38. The fraction of sp³-hybridized carbons (Fsp3) is 0.529. The maximum atomic E-state index is 12.6. The highest BCUT2D eigenvalue weighted by Gasteiger charge is 2.45. The molecule has 1 aliphatic carbocycles. The van der Waals surface area contributed by atoms with Crippen molar-refractivity contribution in [2.75, 3.05) is 0 Å². The van der Waals surface area contributed by atoms with Crippen LogP contribution in [0.5, 0.6) is 0 Å². The molecule has 114 valence electrons. The summed E-state index contributed by atoms with van der Waals surface area (Å²) in [6.45, 7) is 1.94. The summed E-state index contributed by atoms with van der Waals surface area (Å²) in [7, 11) is 0. The lowest BCUT2D eigenvalue weighted by Gasteiger charge is -2.41. The van der Waals surface area contributed by atoms with Crippen molar-refractivity contribution in [3.8, 4) is 0 Å². The molecular formula is C17H23NO3. The minimum atomic E-state index is -0.784. The van der Waals surface area contributed by atoms with Crippen LogP contribution in [-0.2, 0) is 15.0 Å². The molecule has 0 aromatic heterocycles. The second kappa shape index (κ2) is 6.74. The molecule has 1 unspecified atom stereocenters. The largest absolute Gasteiger partial charge is 0.481 e. The Balaban J connectivity index is 1.93. The molecule has 1 aromatic rings. The number of nitrogens with one attached hydrogen (secondary N) is 1. The van der Waals surface area contributed by atoms with Gasteiger partial charge in [-0.1, -0.05) is 36.8 Å². The van der Waals surface area contributed by atoms with E-state index in [9.17, 15) is 9.59 Å². The molecule has 21 heavy (non-hydrogen) atoms. The first-order valence-electron chi connectivity index (χ1n) is 7.63. The lowest BCUT2D eigenvalue weighted by atomic mass is 9.63. The smallest absolute Gasteiger partial charge is 0.303 e. The molecule has 0 spiro atoms. The number of carboxylic acid groups (broad SMARTS) is 1. The molecule has 1 fully saturated rings. The van der Waals surface area contributed by atoms with E-state index in [1.165, 1.54) is 0 Å². The number of aliphatic carboxylic acids is 1. The summed E-state index contributed by atoms with van der Waals surface area (Å²) in [5.41, 5.74) is 0.717. The monoisotopic (exact) mass is 289 g/mol.